The third-order valence-corrected chi connectivity index (χ3v) is 5.22. The number of ether oxygens (including phenoxy) is 2. The second kappa shape index (κ2) is 16.5. The number of aliphatic hydroxyl groups is 3. The zero-order valence-corrected chi connectivity index (χ0v) is 17.2. The van der Waals surface area contributed by atoms with Crippen molar-refractivity contribution in [3.63, 3.8) is 0 Å². The molecule has 0 bridgehead atoms. The van der Waals surface area contributed by atoms with E-state index in [4.69, 9.17) is 9.47 Å². The minimum Gasteiger partial charge on any atom is -0.394 e. The minimum absolute atomic E-state index is 0.0970. The fourth-order valence-electron chi connectivity index (χ4n) is 3.44. The number of hydrogen-bond donors (Lipinski definition) is 3. The van der Waals surface area contributed by atoms with E-state index in [9.17, 15) is 15.3 Å². The van der Waals surface area contributed by atoms with Crippen LogP contribution in [0.25, 0.3) is 0 Å². The Hall–Kier alpha value is -0.460. The maximum Gasteiger partial charge on any atom is 0.114 e. The largest absolute Gasteiger partial charge is 0.394 e. The first kappa shape index (κ1) is 24.6. The predicted octanol–water partition coefficient (Wildman–Crippen LogP) is 3.74. The summed E-state index contributed by atoms with van der Waals surface area (Å²) in [7, 11) is 0. The number of rotatable bonds is 17. The van der Waals surface area contributed by atoms with E-state index in [0.717, 1.165) is 12.8 Å². The van der Waals surface area contributed by atoms with Crippen LogP contribution in [-0.4, -0.2) is 59.6 Å². The van der Waals surface area contributed by atoms with Crippen LogP contribution in [0.3, 0.4) is 0 Å². The average Bonchev–Trinajstić information content (AvgIpc) is 3.00. The fraction of sp³-hybridized carbons (Fsp3) is 0.909. The van der Waals surface area contributed by atoms with Gasteiger partial charge >= 0.3 is 0 Å². The summed E-state index contributed by atoms with van der Waals surface area (Å²) < 4.78 is 11.0. The summed E-state index contributed by atoms with van der Waals surface area (Å²) in [5.74, 6) is 0. The van der Waals surface area contributed by atoms with E-state index < -0.39 is 24.4 Å². The lowest BCUT2D eigenvalue weighted by atomic mass is 10.1. The zero-order chi connectivity index (χ0) is 19.7. The van der Waals surface area contributed by atoms with Crippen molar-refractivity contribution in [2.75, 3.05) is 19.8 Å². The molecular formula is C22H42O5. The van der Waals surface area contributed by atoms with Gasteiger partial charge < -0.3 is 24.8 Å². The Kier molecular flexibility index (Phi) is 15.0. The molecule has 0 aromatic heterocycles. The van der Waals surface area contributed by atoms with E-state index in [2.05, 4.69) is 19.1 Å². The standard InChI is InChI=1S/C22H42O5/c1-2-3-4-5-6-7-8-9-10-11-12-13-14-15-16-26-20(17-23)22-21(25)19(24)18-27-22/h7-8,19-25H,2-6,9-18H2,1H3/b8-7+/t19-,20+,21-,22-/m1/s1. The Balaban J connectivity index is 1.89. The van der Waals surface area contributed by atoms with Crippen LogP contribution in [0, 0.1) is 0 Å². The molecule has 0 amide bonds. The summed E-state index contributed by atoms with van der Waals surface area (Å²) in [5.41, 5.74) is 0. The van der Waals surface area contributed by atoms with Gasteiger partial charge in [0.15, 0.2) is 0 Å². The molecule has 1 aliphatic rings. The van der Waals surface area contributed by atoms with Gasteiger partial charge in [-0.05, 0) is 32.1 Å². The van der Waals surface area contributed by atoms with Crippen molar-refractivity contribution in [1.82, 2.24) is 0 Å². The van der Waals surface area contributed by atoms with Crippen molar-refractivity contribution >= 4 is 0 Å². The number of hydrogen-bond acceptors (Lipinski definition) is 5. The Bertz CT molecular complexity index is 361. The highest BCUT2D eigenvalue weighted by atomic mass is 16.6. The summed E-state index contributed by atoms with van der Waals surface area (Å²) in [4.78, 5) is 0. The first-order chi connectivity index (χ1) is 13.2. The van der Waals surface area contributed by atoms with Crippen molar-refractivity contribution in [3.8, 4) is 0 Å². The third-order valence-electron chi connectivity index (χ3n) is 5.22. The van der Waals surface area contributed by atoms with Crippen LogP contribution in [0.5, 0.6) is 0 Å². The second-order valence-corrected chi connectivity index (χ2v) is 7.68. The minimum atomic E-state index is -0.979. The van der Waals surface area contributed by atoms with Gasteiger partial charge in [-0.25, -0.2) is 0 Å². The van der Waals surface area contributed by atoms with E-state index in [0.29, 0.717) is 6.61 Å². The average molecular weight is 387 g/mol. The normalized spacial score (nSPS) is 24.1. The molecule has 5 nitrogen and oxygen atoms in total. The molecule has 1 fully saturated rings. The Morgan fingerprint density at radius 1 is 0.926 bits per heavy atom. The van der Waals surface area contributed by atoms with Crippen molar-refractivity contribution in [3.05, 3.63) is 12.2 Å². The molecule has 0 aromatic carbocycles. The lowest BCUT2D eigenvalue weighted by molar-refractivity contribution is -0.101. The van der Waals surface area contributed by atoms with Crippen LogP contribution in [0.1, 0.15) is 84.0 Å². The molecule has 0 unspecified atom stereocenters. The molecule has 0 aromatic rings. The van der Waals surface area contributed by atoms with Crippen LogP contribution < -0.4 is 0 Å². The molecule has 0 spiro atoms. The van der Waals surface area contributed by atoms with Gasteiger partial charge in [-0.2, -0.15) is 0 Å². The highest BCUT2D eigenvalue weighted by Gasteiger charge is 2.40. The molecule has 160 valence electrons. The number of aliphatic hydroxyl groups excluding tert-OH is 3. The van der Waals surface area contributed by atoms with Gasteiger partial charge in [0.25, 0.3) is 0 Å². The summed E-state index contributed by atoms with van der Waals surface area (Å²) in [5, 5.41) is 28.7. The van der Waals surface area contributed by atoms with Gasteiger partial charge in [-0.1, -0.05) is 64.0 Å². The highest BCUT2D eigenvalue weighted by Crippen LogP contribution is 2.20. The number of allylic oxidation sites excluding steroid dienone is 2. The van der Waals surface area contributed by atoms with Crippen LogP contribution in [-0.2, 0) is 9.47 Å². The first-order valence-electron chi connectivity index (χ1n) is 11.1. The van der Waals surface area contributed by atoms with E-state index in [1.54, 1.807) is 0 Å². The smallest absolute Gasteiger partial charge is 0.114 e. The Morgan fingerprint density at radius 3 is 2.07 bits per heavy atom. The van der Waals surface area contributed by atoms with Crippen LogP contribution in [0.4, 0.5) is 0 Å². The Labute approximate surface area is 165 Å². The van der Waals surface area contributed by atoms with Gasteiger partial charge in [-0.15, -0.1) is 0 Å². The zero-order valence-electron chi connectivity index (χ0n) is 17.2. The highest BCUT2D eigenvalue weighted by molar-refractivity contribution is 4.88. The van der Waals surface area contributed by atoms with Gasteiger partial charge in [0, 0.05) is 6.61 Å². The summed E-state index contributed by atoms with van der Waals surface area (Å²) in [6.45, 7) is 2.69. The van der Waals surface area contributed by atoms with E-state index in [1.807, 2.05) is 0 Å². The quantitative estimate of drug-likeness (QED) is 0.262. The predicted molar refractivity (Wildman–Crippen MR) is 109 cm³/mol. The summed E-state index contributed by atoms with van der Waals surface area (Å²) in [6.07, 6.45) is 16.5. The van der Waals surface area contributed by atoms with Crippen molar-refractivity contribution < 1.29 is 24.8 Å². The van der Waals surface area contributed by atoms with E-state index >= 15 is 0 Å². The monoisotopic (exact) mass is 386 g/mol. The molecule has 0 radical (unpaired) electrons. The van der Waals surface area contributed by atoms with Crippen molar-refractivity contribution in [2.24, 2.45) is 0 Å². The van der Waals surface area contributed by atoms with Gasteiger partial charge in [-0.3, -0.25) is 0 Å². The number of unbranched alkanes of at least 4 members (excludes halogenated alkanes) is 10. The molecular weight excluding hydrogens is 344 g/mol. The SMILES string of the molecule is CCCCCC/C=C/CCCCCCCCO[C@@H](CO)[C@H]1OC[C@@H](O)[C@H]1O. The molecule has 1 rings (SSSR count). The molecule has 4 atom stereocenters. The van der Waals surface area contributed by atoms with Crippen LogP contribution >= 0.6 is 0 Å². The van der Waals surface area contributed by atoms with Crippen molar-refractivity contribution in [1.29, 1.82) is 0 Å². The molecule has 5 heteroatoms. The maximum absolute atomic E-state index is 9.81. The lowest BCUT2D eigenvalue weighted by Crippen LogP contribution is -2.42. The summed E-state index contributed by atoms with van der Waals surface area (Å²) in [6, 6.07) is 0. The Morgan fingerprint density at radius 2 is 1.52 bits per heavy atom. The molecule has 1 aliphatic heterocycles. The van der Waals surface area contributed by atoms with Crippen LogP contribution in [0.2, 0.25) is 0 Å². The van der Waals surface area contributed by atoms with Gasteiger partial charge in [0.1, 0.15) is 24.4 Å². The van der Waals surface area contributed by atoms with Gasteiger partial charge in [0.2, 0.25) is 0 Å². The van der Waals surface area contributed by atoms with Gasteiger partial charge in [0.05, 0.1) is 13.2 Å². The topological polar surface area (TPSA) is 79.2 Å². The molecule has 0 aliphatic carbocycles. The van der Waals surface area contributed by atoms with E-state index in [1.165, 1.54) is 64.2 Å². The van der Waals surface area contributed by atoms with E-state index in [-0.39, 0.29) is 13.2 Å². The third kappa shape index (κ3) is 11.2. The molecule has 1 heterocycles. The molecule has 3 N–H and O–H groups in total. The first-order valence-corrected chi connectivity index (χ1v) is 11.1. The second-order valence-electron chi connectivity index (χ2n) is 7.68. The molecule has 1 saturated heterocycles. The summed E-state index contributed by atoms with van der Waals surface area (Å²) >= 11 is 0. The molecule has 0 saturated carbocycles. The molecule has 27 heavy (non-hydrogen) atoms. The fourth-order valence-corrected chi connectivity index (χ4v) is 3.44. The van der Waals surface area contributed by atoms with Crippen LogP contribution in [0.15, 0.2) is 12.2 Å². The lowest BCUT2D eigenvalue weighted by Gasteiger charge is -2.24. The van der Waals surface area contributed by atoms with Crippen molar-refractivity contribution in [2.45, 2.75) is 108 Å². The maximum atomic E-state index is 9.81.